The number of carbonyl (C=O) groups excluding carboxylic acids is 2. The van der Waals surface area contributed by atoms with Gasteiger partial charge in [-0.25, -0.2) is 0 Å². The van der Waals surface area contributed by atoms with Crippen LogP contribution in [0.4, 0.5) is 0 Å². The van der Waals surface area contributed by atoms with Gasteiger partial charge in [0.25, 0.3) is 0 Å². The van der Waals surface area contributed by atoms with Crippen LogP contribution < -0.4 is 0 Å². The summed E-state index contributed by atoms with van der Waals surface area (Å²) in [4.78, 5) is 23.0. The average molecular weight is 499 g/mol. The molecule has 2 heteroatoms. The van der Waals surface area contributed by atoms with Crippen LogP contribution in [0.1, 0.15) is 93.1 Å². The minimum atomic E-state index is 0.117. The Morgan fingerprint density at radius 1 is 0.684 bits per heavy atom. The Morgan fingerprint density at radius 3 is 2.16 bits per heavy atom. The summed E-state index contributed by atoms with van der Waals surface area (Å²) in [5.74, 6) is 0.710. The van der Waals surface area contributed by atoms with Gasteiger partial charge in [0, 0.05) is 17.0 Å². The van der Waals surface area contributed by atoms with Crippen molar-refractivity contribution < 1.29 is 9.59 Å². The lowest BCUT2D eigenvalue weighted by Crippen LogP contribution is -2.11. The molecule has 0 aliphatic heterocycles. The largest absolute Gasteiger partial charge is 0.295 e. The molecule has 6 rings (SSSR count). The van der Waals surface area contributed by atoms with E-state index in [0.29, 0.717) is 5.92 Å². The monoisotopic (exact) mass is 498 g/mol. The molecule has 190 valence electrons. The molecule has 0 N–H and O–H groups in total. The summed E-state index contributed by atoms with van der Waals surface area (Å²) in [5.41, 5.74) is 10.9. The first kappa shape index (κ1) is 25.6. The molecule has 0 amide bonds. The SMILES string of the molecule is CC(=O)c1cccc(C2=CCCc3ccccc32)c1.CC(=O)c1cccc(C2CCCc3ccccc32)c1. The molecule has 0 bridgehead atoms. The summed E-state index contributed by atoms with van der Waals surface area (Å²) in [5, 5.41) is 0. The highest BCUT2D eigenvalue weighted by Crippen LogP contribution is 2.37. The lowest BCUT2D eigenvalue weighted by Gasteiger charge is -2.26. The third kappa shape index (κ3) is 5.60. The van der Waals surface area contributed by atoms with E-state index >= 15 is 0 Å². The number of fused-ring (bicyclic) bond motifs is 2. The highest BCUT2D eigenvalue weighted by Gasteiger charge is 2.21. The lowest BCUT2D eigenvalue weighted by molar-refractivity contribution is 0.100. The maximum atomic E-state index is 11.5. The van der Waals surface area contributed by atoms with Crippen LogP contribution in [0.3, 0.4) is 0 Å². The number of aryl methyl sites for hydroxylation is 2. The molecule has 4 aromatic rings. The minimum Gasteiger partial charge on any atom is -0.295 e. The molecule has 0 spiro atoms. The highest BCUT2D eigenvalue weighted by molar-refractivity contribution is 5.96. The number of hydrogen-bond acceptors (Lipinski definition) is 2. The number of Topliss-reactive ketones (excluding diaryl/α,β-unsaturated/α-hetero) is 2. The Hall–Kier alpha value is -4.04. The number of ketones is 2. The first-order chi connectivity index (χ1) is 18.5. The molecule has 0 aromatic heterocycles. The molecule has 2 nitrogen and oxygen atoms in total. The molecular weight excluding hydrogens is 464 g/mol. The first-order valence-electron chi connectivity index (χ1n) is 13.6. The van der Waals surface area contributed by atoms with Crippen molar-refractivity contribution in [3.05, 3.63) is 148 Å². The van der Waals surface area contributed by atoms with E-state index in [0.717, 1.165) is 29.5 Å². The zero-order valence-electron chi connectivity index (χ0n) is 22.2. The van der Waals surface area contributed by atoms with E-state index < -0.39 is 0 Å². The molecule has 4 aromatic carbocycles. The third-order valence-corrected chi connectivity index (χ3v) is 7.71. The normalized spacial score (nSPS) is 15.7. The van der Waals surface area contributed by atoms with E-state index in [-0.39, 0.29) is 11.6 Å². The van der Waals surface area contributed by atoms with Gasteiger partial charge in [-0.3, -0.25) is 9.59 Å². The fraction of sp³-hybridized carbons (Fsp3) is 0.222. The number of rotatable bonds is 4. The molecule has 0 radical (unpaired) electrons. The molecule has 2 aliphatic rings. The summed E-state index contributed by atoms with van der Waals surface area (Å²) in [6, 6.07) is 33.3. The van der Waals surface area contributed by atoms with Gasteiger partial charge in [-0.05, 0) is 97.0 Å². The quantitative estimate of drug-likeness (QED) is 0.264. The van der Waals surface area contributed by atoms with Gasteiger partial charge in [0.1, 0.15) is 0 Å². The van der Waals surface area contributed by atoms with Crippen molar-refractivity contribution in [3.8, 4) is 0 Å². The predicted molar refractivity (Wildman–Crippen MR) is 156 cm³/mol. The molecule has 0 saturated carbocycles. The first-order valence-corrected chi connectivity index (χ1v) is 13.6. The van der Waals surface area contributed by atoms with Gasteiger partial charge in [0.15, 0.2) is 11.6 Å². The van der Waals surface area contributed by atoms with Crippen molar-refractivity contribution in [3.63, 3.8) is 0 Å². The van der Waals surface area contributed by atoms with Gasteiger partial charge in [0.2, 0.25) is 0 Å². The van der Waals surface area contributed by atoms with Crippen LogP contribution in [0.25, 0.3) is 5.57 Å². The van der Waals surface area contributed by atoms with Crippen LogP contribution in [0, 0.1) is 0 Å². The summed E-state index contributed by atoms with van der Waals surface area (Å²) in [6.07, 6.45) is 8.04. The van der Waals surface area contributed by atoms with E-state index in [1.807, 2.05) is 30.3 Å². The Bertz CT molecular complexity index is 1510. The van der Waals surface area contributed by atoms with Gasteiger partial charge in [-0.15, -0.1) is 0 Å². The summed E-state index contributed by atoms with van der Waals surface area (Å²) in [7, 11) is 0. The minimum absolute atomic E-state index is 0.117. The maximum absolute atomic E-state index is 11.5. The van der Waals surface area contributed by atoms with Crippen LogP contribution in [-0.2, 0) is 12.8 Å². The number of allylic oxidation sites excluding steroid dienone is 1. The van der Waals surface area contributed by atoms with Crippen LogP contribution in [0.2, 0.25) is 0 Å². The fourth-order valence-corrected chi connectivity index (χ4v) is 5.74. The maximum Gasteiger partial charge on any atom is 0.159 e. The van der Waals surface area contributed by atoms with Crippen LogP contribution in [-0.4, -0.2) is 11.6 Å². The van der Waals surface area contributed by atoms with E-state index in [1.54, 1.807) is 13.8 Å². The summed E-state index contributed by atoms with van der Waals surface area (Å²) >= 11 is 0. The zero-order chi connectivity index (χ0) is 26.5. The number of hydrogen-bond donors (Lipinski definition) is 0. The second-order valence-electron chi connectivity index (χ2n) is 10.3. The third-order valence-electron chi connectivity index (χ3n) is 7.71. The Kier molecular flexibility index (Phi) is 7.79. The molecule has 2 aliphatic carbocycles. The average Bonchev–Trinajstić information content (AvgIpc) is 2.97. The second-order valence-corrected chi connectivity index (χ2v) is 10.3. The van der Waals surface area contributed by atoms with Crippen LogP contribution >= 0.6 is 0 Å². The molecule has 1 atom stereocenters. The molecule has 0 saturated heterocycles. The van der Waals surface area contributed by atoms with Gasteiger partial charge in [0.05, 0.1) is 0 Å². The van der Waals surface area contributed by atoms with Gasteiger partial charge in [-0.1, -0.05) is 91.0 Å². The molecule has 0 heterocycles. The smallest absolute Gasteiger partial charge is 0.159 e. The van der Waals surface area contributed by atoms with Crippen molar-refractivity contribution in [1.29, 1.82) is 0 Å². The number of carbonyl (C=O) groups is 2. The zero-order valence-corrected chi connectivity index (χ0v) is 22.2. The Balaban J connectivity index is 0.000000155. The summed E-state index contributed by atoms with van der Waals surface area (Å²) in [6.45, 7) is 3.25. The van der Waals surface area contributed by atoms with Crippen LogP contribution in [0.15, 0.2) is 103 Å². The molecule has 0 fully saturated rings. The number of benzene rings is 4. The summed E-state index contributed by atoms with van der Waals surface area (Å²) < 4.78 is 0. The topological polar surface area (TPSA) is 34.1 Å². The second kappa shape index (κ2) is 11.6. The molecule has 38 heavy (non-hydrogen) atoms. The van der Waals surface area contributed by atoms with E-state index in [2.05, 4.69) is 72.8 Å². The molecule has 1 unspecified atom stereocenters. The van der Waals surface area contributed by atoms with Crippen molar-refractivity contribution in [2.24, 2.45) is 0 Å². The Morgan fingerprint density at radius 2 is 1.37 bits per heavy atom. The van der Waals surface area contributed by atoms with Crippen LogP contribution in [0.5, 0.6) is 0 Å². The van der Waals surface area contributed by atoms with E-state index in [9.17, 15) is 9.59 Å². The van der Waals surface area contributed by atoms with Gasteiger partial charge < -0.3 is 0 Å². The predicted octanol–water partition coefficient (Wildman–Crippen LogP) is 8.62. The van der Waals surface area contributed by atoms with Crippen molar-refractivity contribution in [2.75, 3.05) is 0 Å². The fourth-order valence-electron chi connectivity index (χ4n) is 5.74. The van der Waals surface area contributed by atoms with Gasteiger partial charge >= 0.3 is 0 Å². The van der Waals surface area contributed by atoms with Gasteiger partial charge in [-0.2, -0.15) is 0 Å². The van der Waals surface area contributed by atoms with E-state index in [4.69, 9.17) is 0 Å². The Labute approximate surface area is 226 Å². The molecular formula is C36H34O2. The van der Waals surface area contributed by atoms with Crippen molar-refractivity contribution in [2.45, 2.75) is 51.9 Å². The standard InChI is InChI=1S/C18H18O.C18H16O/c2*1-13(19)15-8-4-9-16(12-15)18-11-5-7-14-6-2-3-10-17(14)18/h2-4,6,8-10,12,18H,5,7,11H2,1H3;2-4,6,8-12H,5,7H2,1H3. The van der Waals surface area contributed by atoms with Crippen molar-refractivity contribution in [1.82, 2.24) is 0 Å². The lowest BCUT2D eigenvalue weighted by atomic mass is 9.78. The van der Waals surface area contributed by atoms with Crippen molar-refractivity contribution >= 4 is 17.1 Å². The highest BCUT2D eigenvalue weighted by atomic mass is 16.1. The van der Waals surface area contributed by atoms with E-state index in [1.165, 1.54) is 52.7 Å².